The number of rotatable bonds is 6. The highest BCUT2D eigenvalue weighted by atomic mass is 19.1. The van der Waals surface area contributed by atoms with Crippen LogP contribution in [0.2, 0.25) is 0 Å². The van der Waals surface area contributed by atoms with Gasteiger partial charge in [0.15, 0.2) is 11.6 Å². The molecule has 3 nitrogen and oxygen atoms in total. The summed E-state index contributed by atoms with van der Waals surface area (Å²) in [4.78, 5) is 0. The Kier molecular flexibility index (Phi) is 5.31. The van der Waals surface area contributed by atoms with Crippen LogP contribution in [0.25, 0.3) is 0 Å². The van der Waals surface area contributed by atoms with Crippen LogP contribution in [-0.4, -0.2) is 7.11 Å². The summed E-state index contributed by atoms with van der Waals surface area (Å²) in [5.74, 6) is 5.48. The maximum Gasteiger partial charge on any atom is 0.165 e. The lowest BCUT2D eigenvalue weighted by Crippen LogP contribution is -2.28. The Labute approximate surface area is 124 Å². The molecule has 2 aromatic rings. The van der Waals surface area contributed by atoms with E-state index in [2.05, 4.69) is 36.6 Å². The molecule has 112 valence electrons. The smallest absolute Gasteiger partial charge is 0.165 e. The van der Waals surface area contributed by atoms with Crippen LogP contribution < -0.4 is 16.0 Å². The van der Waals surface area contributed by atoms with E-state index in [4.69, 9.17) is 10.6 Å². The monoisotopic (exact) mass is 288 g/mol. The summed E-state index contributed by atoms with van der Waals surface area (Å²) in [7, 11) is 1.45. The van der Waals surface area contributed by atoms with Gasteiger partial charge in [0.2, 0.25) is 0 Å². The molecular formula is C17H21FN2O. The van der Waals surface area contributed by atoms with Crippen molar-refractivity contribution in [3.63, 3.8) is 0 Å². The molecule has 3 N–H and O–H groups in total. The molecule has 0 radical (unpaired) electrons. The number of hydrazine groups is 1. The molecule has 1 unspecified atom stereocenters. The second kappa shape index (κ2) is 7.20. The maximum absolute atomic E-state index is 13.8. The number of ether oxygens (including phenoxy) is 1. The fraction of sp³-hybridized carbons (Fsp3) is 0.294. The van der Waals surface area contributed by atoms with Crippen molar-refractivity contribution in [1.82, 2.24) is 5.43 Å². The highest BCUT2D eigenvalue weighted by Crippen LogP contribution is 2.24. The molecule has 0 aliphatic carbocycles. The Morgan fingerprint density at radius 3 is 2.48 bits per heavy atom. The summed E-state index contributed by atoms with van der Waals surface area (Å²) >= 11 is 0. The van der Waals surface area contributed by atoms with E-state index in [9.17, 15) is 4.39 Å². The van der Waals surface area contributed by atoms with Crippen molar-refractivity contribution in [2.24, 2.45) is 5.84 Å². The molecule has 0 fully saturated rings. The Balaban J connectivity index is 2.05. The molecule has 4 heteroatoms. The first-order valence-corrected chi connectivity index (χ1v) is 6.99. The molecule has 2 aromatic carbocycles. The molecular weight excluding hydrogens is 267 g/mol. The number of hydrogen-bond acceptors (Lipinski definition) is 3. The minimum absolute atomic E-state index is 0.0910. The zero-order valence-electron chi connectivity index (χ0n) is 12.4. The van der Waals surface area contributed by atoms with Crippen LogP contribution in [0.3, 0.4) is 0 Å². The summed E-state index contributed by atoms with van der Waals surface area (Å²) in [6, 6.07) is 13.2. The minimum Gasteiger partial charge on any atom is -0.494 e. The number of methoxy groups -OCH3 is 1. The van der Waals surface area contributed by atoms with E-state index in [1.54, 1.807) is 6.07 Å². The molecule has 0 amide bonds. The van der Waals surface area contributed by atoms with Crippen LogP contribution in [-0.2, 0) is 6.42 Å². The fourth-order valence-electron chi connectivity index (χ4n) is 2.31. The largest absolute Gasteiger partial charge is 0.494 e. The third kappa shape index (κ3) is 4.03. The summed E-state index contributed by atoms with van der Waals surface area (Å²) in [5.41, 5.74) is 6.06. The molecule has 0 heterocycles. The van der Waals surface area contributed by atoms with Gasteiger partial charge in [0, 0.05) is 6.04 Å². The molecule has 0 saturated carbocycles. The standard InChI is InChI=1S/C17H21FN2O/c1-12-3-5-13(6-4-12)7-9-16(20-19)14-8-10-17(21-2)15(18)11-14/h3-6,8,10-11,16,20H,7,9,19H2,1-2H3. The van der Waals surface area contributed by atoms with Crippen molar-refractivity contribution in [3.8, 4) is 5.75 Å². The lowest BCUT2D eigenvalue weighted by atomic mass is 9.99. The van der Waals surface area contributed by atoms with Gasteiger partial charge in [-0.05, 0) is 43.0 Å². The van der Waals surface area contributed by atoms with Gasteiger partial charge in [-0.2, -0.15) is 0 Å². The van der Waals surface area contributed by atoms with E-state index in [1.807, 2.05) is 6.07 Å². The lowest BCUT2D eigenvalue weighted by Gasteiger charge is -2.17. The van der Waals surface area contributed by atoms with E-state index in [1.165, 1.54) is 24.3 Å². The number of nitrogens with one attached hydrogen (secondary N) is 1. The minimum atomic E-state index is -0.370. The second-order valence-corrected chi connectivity index (χ2v) is 5.14. The van der Waals surface area contributed by atoms with E-state index < -0.39 is 0 Å². The summed E-state index contributed by atoms with van der Waals surface area (Å²) in [6.45, 7) is 2.06. The van der Waals surface area contributed by atoms with E-state index >= 15 is 0 Å². The Hall–Kier alpha value is -1.91. The normalized spacial score (nSPS) is 12.2. The van der Waals surface area contributed by atoms with Crippen molar-refractivity contribution < 1.29 is 9.13 Å². The molecule has 21 heavy (non-hydrogen) atoms. The van der Waals surface area contributed by atoms with Crippen LogP contribution in [0.1, 0.15) is 29.2 Å². The topological polar surface area (TPSA) is 47.3 Å². The molecule has 2 rings (SSSR count). The third-order valence-electron chi connectivity index (χ3n) is 3.62. The summed E-state index contributed by atoms with van der Waals surface area (Å²) in [6.07, 6.45) is 1.67. The first-order valence-electron chi connectivity index (χ1n) is 6.99. The van der Waals surface area contributed by atoms with Crippen LogP contribution >= 0.6 is 0 Å². The lowest BCUT2D eigenvalue weighted by molar-refractivity contribution is 0.385. The van der Waals surface area contributed by atoms with Gasteiger partial charge in [0.05, 0.1) is 7.11 Å². The Morgan fingerprint density at radius 1 is 1.19 bits per heavy atom. The van der Waals surface area contributed by atoms with Gasteiger partial charge < -0.3 is 4.74 Å². The SMILES string of the molecule is COc1ccc(C(CCc2ccc(C)cc2)NN)cc1F. The van der Waals surface area contributed by atoms with Crippen LogP contribution in [0.5, 0.6) is 5.75 Å². The van der Waals surface area contributed by atoms with E-state index in [0.29, 0.717) is 0 Å². The molecule has 0 aromatic heterocycles. The maximum atomic E-state index is 13.8. The third-order valence-corrected chi connectivity index (χ3v) is 3.62. The van der Waals surface area contributed by atoms with Crippen LogP contribution in [0.15, 0.2) is 42.5 Å². The van der Waals surface area contributed by atoms with Gasteiger partial charge in [0.1, 0.15) is 0 Å². The molecule has 0 spiro atoms. The second-order valence-electron chi connectivity index (χ2n) is 5.14. The summed E-state index contributed by atoms with van der Waals surface area (Å²) in [5, 5.41) is 0. The molecule has 0 aliphatic rings. The molecule has 1 atom stereocenters. The predicted octanol–water partition coefficient (Wildman–Crippen LogP) is 3.28. The molecule has 0 saturated heterocycles. The van der Waals surface area contributed by atoms with Gasteiger partial charge in [-0.1, -0.05) is 35.9 Å². The quantitative estimate of drug-likeness (QED) is 0.633. The molecule has 0 aliphatic heterocycles. The van der Waals surface area contributed by atoms with Gasteiger partial charge >= 0.3 is 0 Å². The van der Waals surface area contributed by atoms with E-state index in [-0.39, 0.29) is 17.6 Å². The average Bonchev–Trinajstić information content (AvgIpc) is 2.50. The van der Waals surface area contributed by atoms with Gasteiger partial charge in [0.25, 0.3) is 0 Å². The van der Waals surface area contributed by atoms with Crippen molar-refractivity contribution in [2.75, 3.05) is 7.11 Å². The highest BCUT2D eigenvalue weighted by Gasteiger charge is 2.12. The molecule has 0 bridgehead atoms. The Morgan fingerprint density at radius 2 is 1.90 bits per heavy atom. The average molecular weight is 288 g/mol. The van der Waals surface area contributed by atoms with Crippen LogP contribution in [0.4, 0.5) is 4.39 Å². The number of halogens is 1. The Bertz CT molecular complexity index is 584. The fourth-order valence-corrected chi connectivity index (χ4v) is 2.31. The van der Waals surface area contributed by atoms with Crippen molar-refractivity contribution in [2.45, 2.75) is 25.8 Å². The van der Waals surface area contributed by atoms with Crippen LogP contribution in [0, 0.1) is 12.7 Å². The van der Waals surface area contributed by atoms with Crippen molar-refractivity contribution in [1.29, 1.82) is 0 Å². The predicted molar refractivity (Wildman–Crippen MR) is 82.5 cm³/mol. The van der Waals surface area contributed by atoms with E-state index in [0.717, 1.165) is 18.4 Å². The van der Waals surface area contributed by atoms with Crippen molar-refractivity contribution >= 4 is 0 Å². The zero-order chi connectivity index (χ0) is 15.2. The number of aryl methyl sites for hydroxylation is 2. The number of hydrogen-bond donors (Lipinski definition) is 2. The van der Waals surface area contributed by atoms with Crippen molar-refractivity contribution in [3.05, 3.63) is 65.0 Å². The number of nitrogens with two attached hydrogens (primary N) is 1. The first kappa shape index (κ1) is 15.5. The first-order chi connectivity index (χ1) is 10.1. The van der Waals surface area contributed by atoms with Gasteiger partial charge in [-0.25, -0.2) is 4.39 Å². The van der Waals surface area contributed by atoms with Gasteiger partial charge in [-0.15, -0.1) is 0 Å². The number of benzene rings is 2. The van der Waals surface area contributed by atoms with Gasteiger partial charge in [-0.3, -0.25) is 11.3 Å². The summed E-state index contributed by atoms with van der Waals surface area (Å²) < 4.78 is 18.7. The highest BCUT2D eigenvalue weighted by molar-refractivity contribution is 5.31. The zero-order valence-corrected chi connectivity index (χ0v) is 12.4.